The molecule has 136 valence electrons. The molecule has 7 nitrogen and oxygen atoms in total. The van der Waals surface area contributed by atoms with E-state index in [1.54, 1.807) is 24.0 Å². The highest BCUT2D eigenvalue weighted by atomic mass is 16.5. The first-order chi connectivity index (χ1) is 12.0. The molecule has 25 heavy (non-hydrogen) atoms. The molecule has 1 fully saturated rings. The van der Waals surface area contributed by atoms with Crippen molar-refractivity contribution in [3.05, 3.63) is 29.8 Å². The van der Waals surface area contributed by atoms with Gasteiger partial charge in [0.05, 0.1) is 13.2 Å². The molecule has 0 aliphatic carbocycles. The third-order valence-electron chi connectivity index (χ3n) is 4.10. The zero-order chi connectivity index (χ0) is 18.2. The number of nitrogens with zero attached hydrogens (tertiary/aromatic N) is 1. The third-order valence-corrected chi connectivity index (χ3v) is 4.10. The average molecular weight is 348 g/mol. The molecule has 0 radical (unpaired) electrons. The van der Waals surface area contributed by atoms with Gasteiger partial charge in [-0.05, 0) is 37.5 Å². The van der Waals surface area contributed by atoms with Crippen molar-refractivity contribution in [3.8, 4) is 5.75 Å². The van der Waals surface area contributed by atoms with Gasteiger partial charge in [-0.3, -0.25) is 4.79 Å². The second-order valence-corrected chi connectivity index (χ2v) is 6.10. The second kappa shape index (κ2) is 9.05. The maximum Gasteiger partial charge on any atom is 0.407 e. The van der Waals surface area contributed by atoms with E-state index in [1.165, 1.54) is 7.11 Å². The molecular weight excluding hydrogens is 324 g/mol. The summed E-state index contributed by atoms with van der Waals surface area (Å²) in [6.07, 6.45) is 1.44. The highest BCUT2D eigenvalue weighted by Gasteiger charge is 2.27. The highest BCUT2D eigenvalue weighted by molar-refractivity contribution is 5.78. The maximum atomic E-state index is 12.2. The van der Waals surface area contributed by atoms with Crippen LogP contribution in [0.5, 0.6) is 5.75 Å². The third kappa shape index (κ3) is 6.10. The molecule has 1 aliphatic rings. The van der Waals surface area contributed by atoms with E-state index in [0.29, 0.717) is 38.1 Å². The Morgan fingerprint density at radius 3 is 2.60 bits per heavy atom. The van der Waals surface area contributed by atoms with E-state index in [2.05, 4.69) is 10.1 Å². The molecule has 0 bridgehead atoms. The fourth-order valence-corrected chi connectivity index (χ4v) is 2.64. The minimum atomic E-state index is -0.486. The van der Waals surface area contributed by atoms with E-state index < -0.39 is 6.09 Å². The Bertz CT molecular complexity index is 614. The van der Waals surface area contributed by atoms with E-state index in [9.17, 15) is 14.4 Å². The van der Waals surface area contributed by atoms with E-state index in [-0.39, 0.29) is 24.3 Å². The summed E-state index contributed by atoms with van der Waals surface area (Å²) < 4.78 is 10.1. The van der Waals surface area contributed by atoms with Crippen molar-refractivity contribution in [2.45, 2.75) is 32.2 Å². The molecule has 1 atom stereocenters. The first kappa shape index (κ1) is 18.8. The standard InChI is InChI=1S/C18H24N2O5/c1-13(21)3-4-14-5-7-16(8-6-14)25-12-17(22)20-10-9-15(11-20)19-18(23)24-2/h5-8,15H,3-4,9-12H2,1-2H3,(H,19,23). The molecule has 1 aromatic carbocycles. The number of hydrogen-bond donors (Lipinski definition) is 1. The summed E-state index contributed by atoms with van der Waals surface area (Å²) in [4.78, 5) is 36.0. The Labute approximate surface area is 147 Å². The molecule has 2 amide bonds. The Hall–Kier alpha value is -2.57. The number of rotatable bonds is 7. The smallest absolute Gasteiger partial charge is 0.407 e. The zero-order valence-electron chi connectivity index (χ0n) is 14.6. The fraction of sp³-hybridized carbons (Fsp3) is 0.500. The minimum absolute atomic E-state index is 0.0439. The van der Waals surface area contributed by atoms with E-state index in [1.807, 2.05) is 12.1 Å². The summed E-state index contributed by atoms with van der Waals surface area (Å²) in [5.74, 6) is 0.662. The Kier molecular flexibility index (Phi) is 6.80. The molecule has 7 heteroatoms. The van der Waals surface area contributed by atoms with Crippen molar-refractivity contribution >= 4 is 17.8 Å². The van der Waals surface area contributed by atoms with Gasteiger partial charge in [0.15, 0.2) is 6.61 Å². The SMILES string of the molecule is COC(=O)NC1CCN(C(=O)COc2ccc(CCC(C)=O)cc2)C1. The number of ketones is 1. The van der Waals surface area contributed by atoms with Gasteiger partial charge in [0.2, 0.25) is 0 Å². The van der Waals surface area contributed by atoms with Crippen LogP contribution in [0.25, 0.3) is 0 Å². The van der Waals surface area contributed by atoms with Crippen molar-refractivity contribution in [1.82, 2.24) is 10.2 Å². The Balaban J connectivity index is 1.74. The first-order valence-electron chi connectivity index (χ1n) is 8.31. The Morgan fingerprint density at radius 1 is 1.24 bits per heavy atom. The summed E-state index contributed by atoms with van der Waals surface area (Å²) in [5.41, 5.74) is 1.06. The number of Topliss-reactive ketones (excluding diaryl/α,β-unsaturated/α-hetero) is 1. The van der Waals surface area contributed by atoms with E-state index in [4.69, 9.17) is 4.74 Å². The number of aryl methyl sites for hydroxylation is 1. The van der Waals surface area contributed by atoms with Crippen LogP contribution in [0.3, 0.4) is 0 Å². The molecule has 1 N–H and O–H groups in total. The summed E-state index contributed by atoms with van der Waals surface area (Å²) in [6, 6.07) is 7.31. The lowest BCUT2D eigenvalue weighted by atomic mass is 10.1. The number of carbonyl (C=O) groups is 3. The van der Waals surface area contributed by atoms with Crippen LogP contribution < -0.4 is 10.1 Å². The van der Waals surface area contributed by atoms with Gasteiger partial charge in [0, 0.05) is 19.5 Å². The number of carbonyl (C=O) groups excluding carboxylic acids is 3. The van der Waals surface area contributed by atoms with Gasteiger partial charge in [0.25, 0.3) is 5.91 Å². The van der Waals surface area contributed by atoms with Crippen LogP contribution in [0.15, 0.2) is 24.3 Å². The van der Waals surface area contributed by atoms with E-state index in [0.717, 1.165) is 5.56 Å². The minimum Gasteiger partial charge on any atom is -0.484 e. The lowest BCUT2D eigenvalue weighted by Gasteiger charge is -2.17. The Morgan fingerprint density at radius 2 is 1.96 bits per heavy atom. The molecule has 1 heterocycles. The second-order valence-electron chi connectivity index (χ2n) is 6.10. The molecule has 1 aromatic rings. The molecular formula is C18H24N2O5. The lowest BCUT2D eigenvalue weighted by molar-refractivity contribution is -0.132. The fourth-order valence-electron chi connectivity index (χ4n) is 2.64. The number of benzene rings is 1. The number of methoxy groups -OCH3 is 1. The van der Waals surface area contributed by atoms with Gasteiger partial charge in [-0.15, -0.1) is 0 Å². The maximum absolute atomic E-state index is 12.2. The van der Waals surface area contributed by atoms with Crippen molar-refractivity contribution in [2.24, 2.45) is 0 Å². The van der Waals surface area contributed by atoms with Gasteiger partial charge in [-0.25, -0.2) is 4.79 Å². The van der Waals surface area contributed by atoms with Gasteiger partial charge >= 0.3 is 6.09 Å². The van der Waals surface area contributed by atoms with Crippen molar-refractivity contribution in [3.63, 3.8) is 0 Å². The van der Waals surface area contributed by atoms with Crippen LogP contribution in [-0.2, 0) is 20.7 Å². The van der Waals surface area contributed by atoms with Crippen LogP contribution in [0.1, 0.15) is 25.3 Å². The monoisotopic (exact) mass is 348 g/mol. The topological polar surface area (TPSA) is 84.9 Å². The number of ether oxygens (including phenoxy) is 2. The van der Waals surface area contributed by atoms with Crippen molar-refractivity contribution < 1.29 is 23.9 Å². The molecule has 1 aliphatic heterocycles. The van der Waals surface area contributed by atoms with E-state index >= 15 is 0 Å². The van der Waals surface area contributed by atoms with Gasteiger partial charge in [-0.2, -0.15) is 0 Å². The van der Waals surface area contributed by atoms with Crippen LogP contribution >= 0.6 is 0 Å². The lowest BCUT2D eigenvalue weighted by Crippen LogP contribution is -2.39. The predicted octanol–water partition coefficient (Wildman–Crippen LogP) is 1.54. The molecule has 0 aromatic heterocycles. The predicted molar refractivity (Wildman–Crippen MR) is 91.5 cm³/mol. The van der Waals surface area contributed by atoms with Gasteiger partial charge in [-0.1, -0.05) is 12.1 Å². The highest BCUT2D eigenvalue weighted by Crippen LogP contribution is 2.15. The average Bonchev–Trinajstić information content (AvgIpc) is 3.07. The zero-order valence-corrected chi connectivity index (χ0v) is 14.6. The van der Waals surface area contributed by atoms with Crippen molar-refractivity contribution in [1.29, 1.82) is 0 Å². The first-order valence-corrected chi connectivity index (χ1v) is 8.31. The molecule has 1 unspecified atom stereocenters. The van der Waals surface area contributed by atoms with Gasteiger partial charge < -0.3 is 24.5 Å². The van der Waals surface area contributed by atoms with Crippen LogP contribution in [0, 0.1) is 0 Å². The summed E-state index contributed by atoms with van der Waals surface area (Å²) in [6.45, 7) is 2.58. The molecule has 0 spiro atoms. The summed E-state index contributed by atoms with van der Waals surface area (Å²) in [5, 5.41) is 2.69. The largest absolute Gasteiger partial charge is 0.484 e. The van der Waals surface area contributed by atoms with Gasteiger partial charge in [0.1, 0.15) is 11.5 Å². The number of amides is 2. The van der Waals surface area contributed by atoms with Crippen LogP contribution in [0.4, 0.5) is 4.79 Å². The molecule has 1 saturated heterocycles. The number of alkyl carbamates (subject to hydrolysis) is 1. The van der Waals surface area contributed by atoms with Crippen LogP contribution in [0.2, 0.25) is 0 Å². The van der Waals surface area contributed by atoms with Crippen molar-refractivity contribution in [2.75, 3.05) is 26.8 Å². The molecule has 2 rings (SSSR count). The summed E-state index contributed by atoms with van der Waals surface area (Å²) in [7, 11) is 1.31. The normalized spacial score (nSPS) is 16.4. The molecule has 0 saturated carbocycles. The number of hydrogen-bond acceptors (Lipinski definition) is 5. The number of nitrogens with one attached hydrogen (secondary N) is 1. The summed E-state index contributed by atoms with van der Waals surface area (Å²) >= 11 is 0. The van der Waals surface area contributed by atoms with Crippen LogP contribution in [-0.4, -0.2) is 55.5 Å². The quantitative estimate of drug-likeness (QED) is 0.808. The number of likely N-dealkylation sites (tertiary alicyclic amines) is 1.